The summed E-state index contributed by atoms with van der Waals surface area (Å²) < 4.78 is 0. The summed E-state index contributed by atoms with van der Waals surface area (Å²) in [6.07, 6.45) is 0.257. The van der Waals surface area contributed by atoms with Gasteiger partial charge in [-0.1, -0.05) is 13.8 Å². The standard InChI is InChI=1S/C8H14N2O/c1-6(2)8(11)7(10-3)4-5-9/h6-7,10H,4H2,1-3H3. The molecule has 0 aliphatic carbocycles. The van der Waals surface area contributed by atoms with Gasteiger partial charge in [-0.05, 0) is 7.05 Å². The lowest BCUT2D eigenvalue weighted by Crippen LogP contribution is -2.36. The highest BCUT2D eigenvalue weighted by Crippen LogP contribution is 2.01. The van der Waals surface area contributed by atoms with Crippen molar-refractivity contribution in [3.8, 4) is 6.07 Å². The van der Waals surface area contributed by atoms with Crippen LogP contribution >= 0.6 is 0 Å². The van der Waals surface area contributed by atoms with Gasteiger partial charge in [-0.3, -0.25) is 4.79 Å². The maximum atomic E-state index is 11.3. The van der Waals surface area contributed by atoms with Crippen molar-refractivity contribution in [2.75, 3.05) is 7.05 Å². The van der Waals surface area contributed by atoms with Gasteiger partial charge < -0.3 is 5.32 Å². The Morgan fingerprint density at radius 3 is 2.45 bits per heavy atom. The molecule has 3 heteroatoms. The number of nitriles is 1. The van der Waals surface area contributed by atoms with Gasteiger partial charge in [0.2, 0.25) is 0 Å². The van der Waals surface area contributed by atoms with E-state index in [2.05, 4.69) is 5.32 Å². The number of Topliss-reactive ketones (excluding diaryl/α,β-unsaturated/α-hetero) is 1. The number of nitrogens with one attached hydrogen (secondary N) is 1. The van der Waals surface area contributed by atoms with E-state index >= 15 is 0 Å². The molecule has 0 spiro atoms. The predicted molar refractivity (Wildman–Crippen MR) is 42.9 cm³/mol. The molecule has 0 amide bonds. The topological polar surface area (TPSA) is 52.9 Å². The normalized spacial score (nSPS) is 12.6. The molecule has 0 bridgehead atoms. The van der Waals surface area contributed by atoms with Crippen molar-refractivity contribution < 1.29 is 4.79 Å². The van der Waals surface area contributed by atoms with Gasteiger partial charge in [0.05, 0.1) is 18.5 Å². The van der Waals surface area contributed by atoms with Crippen LogP contribution in [-0.2, 0) is 4.79 Å². The number of hydrogen-bond acceptors (Lipinski definition) is 3. The van der Waals surface area contributed by atoms with Gasteiger partial charge in [0, 0.05) is 5.92 Å². The third-order valence-electron chi connectivity index (χ3n) is 1.56. The molecule has 0 saturated carbocycles. The van der Waals surface area contributed by atoms with E-state index in [-0.39, 0.29) is 24.2 Å². The zero-order valence-corrected chi connectivity index (χ0v) is 7.22. The van der Waals surface area contributed by atoms with Crippen molar-refractivity contribution in [2.24, 2.45) is 5.92 Å². The largest absolute Gasteiger partial charge is 0.310 e. The maximum absolute atomic E-state index is 11.3. The van der Waals surface area contributed by atoms with Crippen LogP contribution in [0.2, 0.25) is 0 Å². The fraction of sp³-hybridized carbons (Fsp3) is 0.750. The minimum atomic E-state index is -0.292. The summed E-state index contributed by atoms with van der Waals surface area (Å²) >= 11 is 0. The highest BCUT2D eigenvalue weighted by Gasteiger charge is 2.18. The Bertz CT molecular complexity index is 169. The first-order valence-electron chi connectivity index (χ1n) is 3.71. The number of hydrogen-bond donors (Lipinski definition) is 1. The van der Waals surface area contributed by atoms with Crippen LogP contribution in [-0.4, -0.2) is 18.9 Å². The van der Waals surface area contributed by atoms with Gasteiger partial charge in [0.25, 0.3) is 0 Å². The molecule has 0 aromatic rings. The highest BCUT2D eigenvalue weighted by molar-refractivity contribution is 5.85. The first-order chi connectivity index (χ1) is 5.13. The van der Waals surface area contributed by atoms with Crippen LogP contribution in [0.25, 0.3) is 0 Å². The van der Waals surface area contributed by atoms with Gasteiger partial charge in [-0.15, -0.1) is 0 Å². The molecule has 11 heavy (non-hydrogen) atoms. The Hall–Kier alpha value is -0.880. The molecule has 0 aromatic carbocycles. The van der Waals surface area contributed by atoms with E-state index in [1.807, 2.05) is 19.9 Å². The van der Waals surface area contributed by atoms with Crippen LogP contribution in [0.15, 0.2) is 0 Å². The third kappa shape index (κ3) is 3.15. The summed E-state index contributed by atoms with van der Waals surface area (Å²) in [6.45, 7) is 3.67. The van der Waals surface area contributed by atoms with E-state index in [0.717, 1.165) is 0 Å². The smallest absolute Gasteiger partial charge is 0.153 e. The van der Waals surface area contributed by atoms with E-state index in [1.54, 1.807) is 7.05 Å². The predicted octanol–water partition coefficient (Wildman–Crippen LogP) is 0.713. The fourth-order valence-electron chi connectivity index (χ4n) is 0.839. The minimum absolute atomic E-state index is 0.000741. The van der Waals surface area contributed by atoms with Crippen molar-refractivity contribution in [3.63, 3.8) is 0 Å². The van der Waals surface area contributed by atoms with Crippen LogP contribution < -0.4 is 5.32 Å². The number of nitrogens with zero attached hydrogens (tertiary/aromatic N) is 1. The van der Waals surface area contributed by atoms with Gasteiger partial charge >= 0.3 is 0 Å². The molecule has 0 aromatic heterocycles. The van der Waals surface area contributed by atoms with E-state index in [4.69, 9.17) is 5.26 Å². The number of likely N-dealkylation sites (N-methyl/N-ethyl adjacent to an activating group) is 1. The zero-order chi connectivity index (χ0) is 8.85. The van der Waals surface area contributed by atoms with Crippen LogP contribution in [0.1, 0.15) is 20.3 Å². The monoisotopic (exact) mass is 154 g/mol. The first-order valence-corrected chi connectivity index (χ1v) is 3.71. The van der Waals surface area contributed by atoms with E-state index in [0.29, 0.717) is 0 Å². The third-order valence-corrected chi connectivity index (χ3v) is 1.56. The Morgan fingerprint density at radius 1 is 1.64 bits per heavy atom. The summed E-state index contributed by atoms with van der Waals surface area (Å²) in [4.78, 5) is 11.3. The molecular formula is C8H14N2O. The average Bonchev–Trinajstić information content (AvgIpc) is 1.98. The molecule has 0 aliphatic rings. The molecular weight excluding hydrogens is 140 g/mol. The Morgan fingerprint density at radius 2 is 2.18 bits per heavy atom. The van der Waals surface area contributed by atoms with E-state index < -0.39 is 0 Å². The SMILES string of the molecule is CNC(CC#N)C(=O)C(C)C. The number of carbonyl (C=O) groups excluding carboxylic acids is 1. The quantitative estimate of drug-likeness (QED) is 0.649. The molecule has 62 valence electrons. The van der Waals surface area contributed by atoms with Gasteiger partial charge in [0.15, 0.2) is 5.78 Å². The van der Waals surface area contributed by atoms with E-state index in [1.165, 1.54) is 0 Å². The van der Waals surface area contributed by atoms with Crippen molar-refractivity contribution in [1.82, 2.24) is 5.32 Å². The number of carbonyl (C=O) groups is 1. The van der Waals surface area contributed by atoms with Gasteiger partial charge in [0.1, 0.15) is 0 Å². The summed E-state index contributed by atoms with van der Waals surface area (Å²) in [5, 5.41) is 11.2. The Kier molecular flexibility index (Phi) is 4.47. The van der Waals surface area contributed by atoms with Crippen molar-refractivity contribution in [3.05, 3.63) is 0 Å². The molecule has 0 rings (SSSR count). The molecule has 0 radical (unpaired) electrons. The van der Waals surface area contributed by atoms with Crippen molar-refractivity contribution in [2.45, 2.75) is 26.3 Å². The molecule has 0 aliphatic heterocycles. The van der Waals surface area contributed by atoms with Crippen LogP contribution in [0.3, 0.4) is 0 Å². The van der Waals surface area contributed by atoms with Crippen LogP contribution in [0, 0.1) is 17.2 Å². The lowest BCUT2D eigenvalue weighted by molar-refractivity contribution is -0.123. The average molecular weight is 154 g/mol. The van der Waals surface area contributed by atoms with Crippen molar-refractivity contribution >= 4 is 5.78 Å². The Balaban J connectivity index is 4.05. The van der Waals surface area contributed by atoms with Gasteiger partial charge in [-0.2, -0.15) is 5.26 Å². The molecule has 0 fully saturated rings. The lowest BCUT2D eigenvalue weighted by atomic mass is 10.0. The Labute approximate surface area is 67.4 Å². The molecule has 3 nitrogen and oxygen atoms in total. The summed E-state index contributed by atoms with van der Waals surface area (Å²) in [7, 11) is 1.70. The second-order valence-electron chi connectivity index (χ2n) is 2.76. The lowest BCUT2D eigenvalue weighted by Gasteiger charge is -2.12. The second-order valence-corrected chi connectivity index (χ2v) is 2.76. The van der Waals surface area contributed by atoms with E-state index in [9.17, 15) is 4.79 Å². The molecule has 1 atom stereocenters. The summed E-state index contributed by atoms with van der Waals surface area (Å²) in [5.74, 6) is 0.106. The maximum Gasteiger partial charge on any atom is 0.153 e. The summed E-state index contributed by atoms with van der Waals surface area (Å²) in [6, 6.07) is 1.68. The first kappa shape index (κ1) is 10.1. The van der Waals surface area contributed by atoms with Crippen molar-refractivity contribution in [1.29, 1.82) is 5.26 Å². The molecule has 1 N–H and O–H groups in total. The van der Waals surface area contributed by atoms with Crippen LogP contribution in [0.4, 0.5) is 0 Å². The molecule has 1 unspecified atom stereocenters. The number of ketones is 1. The second kappa shape index (κ2) is 4.86. The summed E-state index contributed by atoms with van der Waals surface area (Å²) in [5.41, 5.74) is 0. The molecule has 0 saturated heterocycles. The van der Waals surface area contributed by atoms with Crippen LogP contribution in [0.5, 0.6) is 0 Å². The minimum Gasteiger partial charge on any atom is -0.310 e. The highest BCUT2D eigenvalue weighted by atomic mass is 16.1. The molecule has 0 heterocycles. The fourth-order valence-corrected chi connectivity index (χ4v) is 0.839. The number of rotatable bonds is 4. The zero-order valence-electron chi connectivity index (χ0n) is 7.22. The van der Waals surface area contributed by atoms with Gasteiger partial charge in [-0.25, -0.2) is 0 Å².